The molecule has 8 aromatic carbocycles. The van der Waals surface area contributed by atoms with Gasteiger partial charge in [0.05, 0.1) is 79.1 Å². The van der Waals surface area contributed by atoms with E-state index in [1.165, 1.54) is 56.2 Å². The second-order valence-corrected chi connectivity index (χ2v) is 44.9. The minimum Gasteiger partial charge on any atom is -0.467 e. The van der Waals surface area contributed by atoms with Crippen LogP contribution in [0, 0.1) is 31.6 Å². The number of halogens is 5. The summed E-state index contributed by atoms with van der Waals surface area (Å²) in [5, 5.41) is 15.8. The van der Waals surface area contributed by atoms with E-state index in [9.17, 15) is 24.0 Å². The maximum atomic E-state index is 13.3. The van der Waals surface area contributed by atoms with Gasteiger partial charge in [-0.25, -0.2) is 59.4 Å². The number of nitrogen functional groups attached to an aromatic ring is 1. The first-order chi connectivity index (χ1) is 69.8. The number of ether oxygens (including phenoxy) is 4. The summed E-state index contributed by atoms with van der Waals surface area (Å²) in [7, 11) is 2.34. The normalized spacial score (nSPS) is 15.3. The number of hydrogen-bond donors (Lipinski definition) is 4. The zero-order valence-corrected chi connectivity index (χ0v) is 91.0. The quantitative estimate of drug-likeness (QED) is 0.0352. The van der Waals surface area contributed by atoms with Crippen LogP contribution in [0.1, 0.15) is 200 Å². The number of pyridine rings is 4. The molecule has 25 nitrogen and oxygen atoms in total. The summed E-state index contributed by atoms with van der Waals surface area (Å²) >= 11 is 28.3. The number of carbonyl (C=O) groups is 5. The SMILES string of the molecule is CC1(C)OB(c2ccc3nc(NC(=O)C4CCCCC4)ccc3c2)OC1(C)C.COC(=O)[C@@H](OC(C)(C)C)c1c(C)cc2nc(-c3ccnc(-c4ccc5nc(NC(=O)C6CCCCC6)ccc5c4)n3)sc2c1-c1ccc(Cl)cc1.COC(=O)[C@@H](OC(C)(C)C)c1c(C)cc2nc(-c3ccnc(Cl)n3)sc2c1-c1ccc(Cl)cc1.Nc1ccc2cc(Br)ccc2n1.O=C(Nc1ccc2cc(Br)ccc2n1)C1CCCCC1. The molecule has 0 spiro atoms. The van der Waals surface area contributed by atoms with Crippen molar-refractivity contribution >= 4 is 219 Å². The van der Waals surface area contributed by atoms with Crippen molar-refractivity contribution < 1.29 is 52.2 Å². The molecule has 3 aliphatic carbocycles. The minimum atomic E-state index is -0.970. The monoisotopic (exact) mass is 2180 g/mol. The number of aromatic nitrogens is 10. The number of carbonyl (C=O) groups excluding carboxylic acids is 5. The Kier molecular flexibility index (Phi) is 34.3. The number of aryl methyl sites for hydroxylation is 2. The van der Waals surface area contributed by atoms with E-state index in [0.29, 0.717) is 60.5 Å². The molecule has 20 rings (SSSR count). The highest BCUT2D eigenvalue weighted by atomic mass is 79.9. The summed E-state index contributed by atoms with van der Waals surface area (Å²) in [6.45, 7) is 23.6. The summed E-state index contributed by atoms with van der Waals surface area (Å²) in [6.07, 6.45) is 17.8. The van der Waals surface area contributed by atoms with Crippen LogP contribution < -0.4 is 27.1 Å². The van der Waals surface area contributed by atoms with E-state index < -0.39 is 35.3 Å². The molecule has 2 atom stereocenters. The third-order valence-corrected chi connectivity index (χ3v) is 30.2. The molecule has 1 aliphatic heterocycles. The minimum absolute atomic E-state index is 0.0522. The Bertz CT molecular complexity index is 7470. The fourth-order valence-corrected chi connectivity index (χ4v) is 21.6. The van der Waals surface area contributed by atoms with E-state index in [1.54, 1.807) is 24.5 Å². The predicted octanol–water partition coefficient (Wildman–Crippen LogP) is 28.4. The Morgan fingerprint density at radius 1 is 0.425 bits per heavy atom. The van der Waals surface area contributed by atoms with Crippen molar-refractivity contribution in [2.45, 2.75) is 214 Å². The molecule has 16 aromatic rings. The van der Waals surface area contributed by atoms with Crippen molar-refractivity contribution in [1.29, 1.82) is 0 Å². The molecule has 0 unspecified atom stereocenters. The molecule has 1 saturated heterocycles. The average molecular weight is 2190 g/mol. The van der Waals surface area contributed by atoms with Crippen LogP contribution in [-0.4, -0.2) is 123 Å². The van der Waals surface area contributed by atoms with Crippen LogP contribution in [0.25, 0.3) is 119 Å². The van der Waals surface area contributed by atoms with Crippen LogP contribution in [0.3, 0.4) is 0 Å². The molecule has 0 radical (unpaired) electrons. The number of esters is 2. The lowest BCUT2D eigenvalue weighted by Crippen LogP contribution is -2.41. The molecule has 0 bridgehead atoms. The van der Waals surface area contributed by atoms with Crippen molar-refractivity contribution in [1.82, 2.24) is 49.8 Å². The van der Waals surface area contributed by atoms with Gasteiger partial charge in [0.25, 0.3) is 0 Å². The Balaban J connectivity index is 0.000000140. The number of nitrogens with two attached hydrogens (primary N) is 1. The van der Waals surface area contributed by atoms with Gasteiger partial charge in [-0.3, -0.25) is 14.4 Å². The molecular formula is C113H116BBr2Cl3N14O11S2. The van der Waals surface area contributed by atoms with E-state index in [2.05, 4.69) is 111 Å². The van der Waals surface area contributed by atoms with Crippen LogP contribution in [0.15, 0.2) is 215 Å². The maximum absolute atomic E-state index is 13.3. The van der Waals surface area contributed by atoms with Crippen molar-refractivity contribution in [3.05, 3.63) is 253 Å². The fourth-order valence-electron chi connectivity index (χ4n) is 18.3. The topological polar surface area (TPSA) is 332 Å². The van der Waals surface area contributed by atoms with E-state index >= 15 is 0 Å². The molecule has 8 aromatic heterocycles. The van der Waals surface area contributed by atoms with Crippen molar-refractivity contribution in [2.24, 2.45) is 17.8 Å². The molecule has 3 amide bonds. The summed E-state index contributed by atoms with van der Waals surface area (Å²) in [5.41, 5.74) is 18.3. The first-order valence-electron chi connectivity index (χ1n) is 49.0. The summed E-state index contributed by atoms with van der Waals surface area (Å²) in [4.78, 5) is 109. The summed E-state index contributed by atoms with van der Waals surface area (Å²) in [6, 6.07) is 61.6. The number of rotatable bonds is 18. The van der Waals surface area contributed by atoms with Crippen LogP contribution in [0.2, 0.25) is 15.3 Å². The van der Waals surface area contributed by atoms with Crippen LogP contribution >= 0.6 is 89.3 Å². The third-order valence-electron chi connectivity index (χ3n) is 26.3. The zero-order chi connectivity index (χ0) is 104. The van der Waals surface area contributed by atoms with Crippen LogP contribution in [0.5, 0.6) is 0 Å². The number of nitrogens with one attached hydrogen (secondary N) is 3. The average Bonchev–Trinajstić information content (AvgIpc) is 1.55. The lowest BCUT2D eigenvalue weighted by molar-refractivity contribution is -0.164. The van der Waals surface area contributed by atoms with E-state index in [-0.39, 0.29) is 59.1 Å². The highest BCUT2D eigenvalue weighted by Gasteiger charge is 2.52. The maximum Gasteiger partial charge on any atom is 0.494 e. The molecule has 33 heteroatoms. The van der Waals surface area contributed by atoms with Gasteiger partial charge in [-0.1, -0.05) is 149 Å². The second kappa shape index (κ2) is 46.7. The van der Waals surface area contributed by atoms with Gasteiger partial charge in [0, 0.05) is 93.1 Å². The number of anilines is 4. The van der Waals surface area contributed by atoms with Gasteiger partial charge in [-0.05, 0) is 324 Å². The number of methoxy groups -OCH3 is 2. The Labute approximate surface area is 889 Å². The van der Waals surface area contributed by atoms with Gasteiger partial charge in [-0.2, -0.15) is 0 Å². The van der Waals surface area contributed by atoms with Crippen molar-refractivity contribution in [3.8, 4) is 55.0 Å². The lowest BCUT2D eigenvalue weighted by atomic mass is 9.78. The summed E-state index contributed by atoms with van der Waals surface area (Å²) in [5.74, 6) is 2.59. The van der Waals surface area contributed by atoms with E-state index in [1.807, 2.05) is 231 Å². The third kappa shape index (κ3) is 26.5. The molecule has 754 valence electrons. The first kappa shape index (κ1) is 107. The zero-order valence-electron chi connectivity index (χ0n) is 83.9. The van der Waals surface area contributed by atoms with E-state index in [4.69, 9.17) is 88.7 Å². The molecule has 146 heavy (non-hydrogen) atoms. The first-order valence-corrected chi connectivity index (χ1v) is 53.3. The molecule has 5 N–H and O–H groups in total. The van der Waals surface area contributed by atoms with Gasteiger partial charge >= 0.3 is 19.1 Å². The lowest BCUT2D eigenvalue weighted by Gasteiger charge is -2.32. The Hall–Kier alpha value is -11.8. The smallest absolute Gasteiger partial charge is 0.467 e. The predicted molar refractivity (Wildman–Crippen MR) is 595 cm³/mol. The van der Waals surface area contributed by atoms with Gasteiger partial charge in [0.15, 0.2) is 18.0 Å². The Morgan fingerprint density at radius 3 is 1.21 bits per heavy atom. The molecule has 3 saturated carbocycles. The number of thiazole rings is 2. The molecule has 4 aliphatic rings. The largest absolute Gasteiger partial charge is 0.494 e. The van der Waals surface area contributed by atoms with Gasteiger partial charge in [-0.15, -0.1) is 22.7 Å². The van der Waals surface area contributed by atoms with Crippen molar-refractivity contribution in [3.63, 3.8) is 0 Å². The van der Waals surface area contributed by atoms with Crippen LogP contribution in [-0.2, 0) is 52.2 Å². The number of amides is 3. The Morgan fingerprint density at radius 2 is 0.795 bits per heavy atom. The highest BCUT2D eigenvalue weighted by Crippen LogP contribution is 2.49. The van der Waals surface area contributed by atoms with Crippen LogP contribution in [0.4, 0.5) is 23.3 Å². The fraction of sp³-hybridized carbons (Fsp3) is 0.336. The van der Waals surface area contributed by atoms with Gasteiger partial charge in [0.2, 0.25) is 23.0 Å². The van der Waals surface area contributed by atoms with Gasteiger partial charge in [0.1, 0.15) is 44.7 Å². The number of benzene rings is 8. The molecule has 4 fully saturated rings. The van der Waals surface area contributed by atoms with Gasteiger partial charge < -0.3 is 49.9 Å². The second-order valence-electron chi connectivity index (χ2n) is 39.9. The van der Waals surface area contributed by atoms with E-state index in [0.717, 1.165) is 206 Å². The molecular weight excluding hydrogens is 2070 g/mol. The molecule has 9 heterocycles. The number of fused-ring (bicyclic) bond motifs is 6. The summed E-state index contributed by atoms with van der Waals surface area (Å²) < 4.78 is 39.2. The standard InChI is InChI=1S/C41H40ClN5O4S.C25H23Cl2N3O3S.C22H29BN2O3.C16H17BrN2O.C9H7BrN2/c1-23-21-31-36(34(24-11-15-28(42)16-12-24)33(23)35(40(49)50-5)51-41(2,3)4)52-39(46-31)30-19-20-43-37(45-30)27-13-17-29-26(22-27)14-18-32(44-29)47-38(48)25-9-7-6-8-10-25;1-13-12-17-21(34-22(29-17)16-10-11-28-24(27)30-16)19(14-6-8-15(26)9-7-14)18(13)20(23(31)32-5)33-25(2,3)4;1-21(2)22(3,4)28-23(27-21)17-11-12-18-16(14-17)10-13-19(24-18)25-20(26)15-8-6-5-7-9-15;17-13-7-8-14-12(10-13)6-9-15(18-14)19-16(20)11-4-2-1-3-5-11;10-7-2-3-8-6(5-7)1-4-9(11)12-8/h11-22,25,35H,6-10H2,1-5H3,(H,44,47,48);6-12,20H,1-5H3;10-15H,5-9H2,1-4H3,(H,24,25,26);6-11H,1-5H2,(H,18,19,20);1-5H,(H2,11,12)/t35-;20-;;;/m00.../s1. The number of hydrogen-bond acceptors (Lipinski definition) is 24. The number of nitrogens with zero attached hydrogens (tertiary/aromatic N) is 10. The van der Waals surface area contributed by atoms with Crippen molar-refractivity contribution in [2.75, 3.05) is 35.9 Å². The highest BCUT2D eigenvalue weighted by molar-refractivity contribution is 9.10.